The molecule has 1 unspecified atom stereocenters. The number of aromatic nitrogens is 1. The molecule has 4 aromatic rings. The SMILES string of the molecule is COc1cc(C2C(=C(O)c3cc(C)ccc3C)C(=O)C(=O)N2Cc2cccnc2)ccc1OCc1ccccc1. The zero-order chi connectivity index (χ0) is 28.2. The first-order valence-corrected chi connectivity index (χ1v) is 13.0. The number of ketones is 1. The highest BCUT2D eigenvalue weighted by molar-refractivity contribution is 6.46. The standard InChI is InChI=1S/C33H30N2O5/c1-21-11-12-22(2)26(16-21)31(36)29-30(35(33(38)32(29)37)19-24-10-7-15-34-18-24)25-13-14-27(28(17-25)39-3)40-20-23-8-5-4-6-9-23/h4-18,30,36H,19-20H2,1-3H3. The number of rotatable bonds is 8. The smallest absolute Gasteiger partial charge is 0.295 e. The Morgan fingerprint density at radius 2 is 1.70 bits per heavy atom. The molecule has 1 amide bonds. The number of pyridine rings is 1. The average molecular weight is 535 g/mol. The second-order valence-corrected chi connectivity index (χ2v) is 9.79. The van der Waals surface area contributed by atoms with E-state index >= 15 is 0 Å². The fourth-order valence-corrected chi connectivity index (χ4v) is 4.92. The van der Waals surface area contributed by atoms with Crippen molar-refractivity contribution in [3.05, 3.63) is 130 Å². The normalized spacial score (nSPS) is 16.3. The van der Waals surface area contributed by atoms with Crippen molar-refractivity contribution in [3.63, 3.8) is 0 Å². The van der Waals surface area contributed by atoms with E-state index in [-0.39, 0.29) is 17.9 Å². The molecule has 0 radical (unpaired) electrons. The lowest BCUT2D eigenvalue weighted by Gasteiger charge is -2.26. The van der Waals surface area contributed by atoms with Crippen molar-refractivity contribution in [1.82, 2.24) is 9.88 Å². The predicted molar refractivity (Wildman–Crippen MR) is 152 cm³/mol. The number of hydrogen-bond acceptors (Lipinski definition) is 6. The van der Waals surface area contributed by atoms with Gasteiger partial charge in [-0.15, -0.1) is 0 Å². The van der Waals surface area contributed by atoms with Crippen LogP contribution in [-0.4, -0.2) is 33.8 Å². The third kappa shape index (κ3) is 5.31. The number of ether oxygens (including phenoxy) is 2. The first-order chi connectivity index (χ1) is 19.4. The van der Waals surface area contributed by atoms with E-state index in [2.05, 4.69) is 4.98 Å². The molecule has 1 atom stereocenters. The van der Waals surface area contributed by atoms with Crippen molar-refractivity contribution in [2.45, 2.75) is 33.0 Å². The van der Waals surface area contributed by atoms with Crippen LogP contribution in [0.5, 0.6) is 11.5 Å². The molecule has 0 spiro atoms. The van der Waals surface area contributed by atoms with Gasteiger partial charge in [0.1, 0.15) is 12.4 Å². The van der Waals surface area contributed by atoms with E-state index < -0.39 is 17.7 Å². The summed E-state index contributed by atoms with van der Waals surface area (Å²) < 4.78 is 11.7. The van der Waals surface area contributed by atoms with Crippen LogP contribution >= 0.6 is 0 Å². The molecule has 1 aromatic heterocycles. The van der Waals surface area contributed by atoms with Crippen LogP contribution in [0.1, 0.15) is 39.4 Å². The van der Waals surface area contributed by atoms with E-state index in [0.29, 0.717) is 29.2 Å². The van der Waals surface area contributed by atoms with E-state index in [0.717, 1.165) is 22.3 Å². The second kappa shape index (κ2) is 11.5. The number of carbonyl (C=O) groups is 2. The minimum Gasteiger partial charge on any atom is -0.507 e. The van der Waals surface area contributed by atoms with Crippen molar-refractivity contribution in [3.8, 4) is 11.5 Å². The molecule has 1 aliphatic heterocycles. The van der Waals surface area contributed by atoms with Crippen LogP contribution < -0.4 is 9.47 Å². The average Bonchev–Trinajstić information content (AvgIpc) is 3.23. The van der Waals surface area contributed by atoms with Gasteiger partial charge in [0.15, 0.2) is 11.5 Å². The molecule has 7 heteroatoms. The van der Waals surface area contributed by atoms with Gasteiger partial charge in [0.2, 0.25) is 0 Å². The van der Waals surface area contributed by atoms with Gasteiger partial charge < -0.3 is 19.5 Å². The Labute approximate surface area is 233 Å². The van der Waals surface area contributed by atoms with Gasteiger partial charge in [0.25, 0.3) is 11.7 Å². The van der Waals surface area contributed by atoms with Gasteiger partial charge in [-0.2, -0.15) is 0 Å². The topological polar surface area (TPSA) is 89.0 Å². The number of likely N-dealkylation sites (tertiary alicyclic amines) is 1. The largest absolute Gasteiger partial charge is 0.507 e. The number of aliphatic hydroxyl groups excluding tert-OH is 1. The molecule has 40 heavy (non-hydrogen) atoms. The molecule has 1 saturated heterocycles. The molecule has 1 aliphatic rings. The molecular formula is C33H30N2O5. The lowest BCUT2D eigenvalue weighted by Crippen LogP contribution is -2.29. The molecule has 5 rings (SSSR count). The fraction of sp³-hybridized carbons (Fsp3) is 0.182. The molecule has 202 valence electrons. The maximum Gasteiger partial charge on any atom is 0.295 e. The number of methoxy groups -OCH3 is 1. The summed E-state index contributed by atoms with van der Waals surface area (Å²) in [6.07, 6.45) is 3.30. The highest BCUT2D eigenvalue weighted by atomic mass is 16.5. The van der Waals surface area contributed by atoms with E-state index in [4.69, 9.17) is 9.47 Å². The summed E-state index contributed by atoms with van der Waals surface area (Å²) in [4.78, 5) is 32.6. The molecule has 1 fully saturated rings. The van der Waals surface area contributed by atoms with Crippen molar-refractivity contribution < 1.29 is 24.2 Å². The van der Waals surface area contributed by atoms with Crippen LogP contribution in [0.25, 0.3) is 5.76 Å². The molecule has 1 N–H and O–H groups in total. The minimum atomic E-state index is -0.850. The Balaban J connectivity index is 1.60. The summed E-state index contributed by atoms with van der Waals surface area (Å²) in [5.74, 6) is -0.665. The highest BCUT2D eigenvalue weighted by Gasteiger charge is 2.46. The number of benzene rings is 3. The highest BCUT2D eigenvalue weighted by Crippen LogP contribution is 2.43. The van der Waals surface area contributed by atoms with Crippen LogP contribution in [0.4, 0.5) is 0 Å². The zero-order valence-corrected chi connectivity index (χ0v) is 22.6. The van der Waals surface area contributed by atoms with Crippen LogP contribution in [0.15, 0.2) is 96.8 Å². The lowest BCUT2D eigenvalue weighted by atomic mass is 9.93. The monoisotopic (exact) mass is 534 g/mol. The molecule has 3 aromatic carbocycles. The first kappa shape index (κ1) is 26.7. The maximum absolute atomic E-state index is 13.5. The van der Waals surface area contributed by atoms with Crippen molar-refractivity contribution in [2.24, 2.45) is 0 Å². The number of carbonyl (C=O) groups excluding carboxylic acids is 2. The van der Waals surface area contributed by atoms with Gasteiger partial charge in [-0.05, 0) is 60.4 Å². The summed E-state index contributed by atoms with van der Waals surface area (Å²) in [7, 11) is 1.54. The van der Waals surface area contributed by atoms with Crippen LogP contribution in [0.3, 0.4) is 0 Å². The van der Waals surface area contributed by atoms with Crippen molar-refractivity contribution in [2.75, 3.05) is 7.11 Å². The third-order valence-corrected chi connectivity index (χ3v) is 7.00. The number of nitrogens with zero attached hydrogens (tertiary/aromatic N) is 2. The van der Waals surface area contributed by atoms with Gasteiger partial charge in [-0.25, -0.2) is 0 Å². The Morgan fingerprint density at radius 3 is 2.42 bits per heavy atom. The molecule has 0 aliphatic carbocycles. The lowest BCUT2D eigenvalue weighted by molar-refractivity contribution is -0.140. The Hall–Kier alpha value is -4.91. The van der Waals surface area contributed by atoms with E-state index in [9.17, 15) is 14.7 Å². The third-order valence-electron chi connectivity index (χ3n) is 7.00. The second-order valence-electron chi connectivity index (χ2n) is 9.79. The molecule has 0 bridgehead atoms. The first-order valence-electron chi connectivity index (χ1n) is 13.0. The summed E-state index contributed by atoms with van der Waals surface area (Å²) in [5, 5.41) is 11.5. The fourth-order valence-electron chi connectivity index (χ4n) is 4.92. The zero-order valence-electron chi connectivity index (χ0n) is 22.6. The molecule has 2 heterocycles. The van der Waals surface area contributed by atoms with E-state index in [1.807, 2.05) is 68.4 Å². The minimum absolute atomic E-state index is 0.0302. The van der Waals surface area contributed by atoms with Crippen LogP contribution in [0.2, 0.25) is 0 Å². The maximum atomic E-state index is 13.5. The predicted octanol–water partition coefficient (Wildman–Crippen LogP) is 5.91. The van der Waals surface area contributed by atoms with Crippen molar-refractivity contribution >= 4 is 17.4 Å². The Morgan fingerprint density at radius 1 is 0.925 bits per heavy atom. The number of hydrogen-bond donors (Lipinski definition) is 1. The number of Topliss-reactive ketones (excluding diaryl/α,β-unsaturated/α-hetero) is 1. The Kier molecular flexibility index (Phi) is 7.64. The van der Waals surface area contributed by atoms with Gasteiger partial charge in [-0.3, -0.25) is 14.6 Å². The van der Waals surface area contributed by atoms with Crippen molar-refractivity contribution in [1.29, 1.82) is 0 Å². The van der Waals surface area contributed by atoms with Crippen LogP contribution in [-0.2, 0) is 22.7 Å². The number of aryl methyl sites for hydroxylation is 2. The summed E-state index contributed by atoms with van der Waals surface area (Å²) >= 11 is 0. The van der Waals surface area contributed by atoms with Gasteiger partial charge in [0.05, 0.1) is 18.7 Å². The summed E-state index contributed by atoms with van der Waals surface area (Å²) in [6.45, 7) is 4.26. The van der Waals surface area contributed by atoms with Gasteiger partial charge >= 0.3 is 0 Å². The molecular weight excluding hydrogens is 504 g/mol. The van der Waals surface area contributed by atoms with Crippen LogP contribution in [0, 0.1) is 13.8 Å². The quantitative estimate of drug-likeness (QED) is 0.172. The Bertz CT molecular complexity index is 1580. The molecule has 0 saturated carbocycles. The van der Waals surface area contributed by atoms with Gasteiger partial charge in [-0.1, -0.05) is 60.2 Å². The van der Waals surface area contributed by atoms with E-state index in [1.54, 1.807) is 36.7 Å². The van der Waals surface area contributed by atoms with Gasteiger partial charge in [0, 0.05) is 24.5 Å². The molecule has 7 nitrogen and oxygen atoms in total. The number of amides is 1. The van der Waals surface area contributed by atoms with E-state index in [1.165, 1.54) is 12.0 Å². The summed E-state index contributed by atoms with van der Waals surface area (Å²) in [5.41, 5.74) is 4.64. The summed E-state index contributed by atoms with van der Waals surface area (Å²) in [6, 6.07) is 23.5. The number of aliphatic hydroxyl groups is 1.